The molecule has 4 rings (SSSR count). The van der Waals surface area contributed by atoms with E-state index in [-0.39, 0.29) is 43.5 Å². The minimum atomic E-state index is -4.63. The lowest BCUT2D eigenvalue weighted by molar-refractivity contribution is -0.137. The fourth-order valence-corrected chi connectivity index (χ4v) is 3.98. The van der Waals surface area contributed by atoms with Gasteiger partial charge in [-0.3, -0.25) is 9.78 Å². The van der Waals surface area contributed by atoms with E-state index < -0.39 is 23.9 Å². The molecule has 1 fully saturated rings. The second kappa shape index (κ2) is 11.8. The van der Waals surface area contributed by atoms with Crippen LogP contribution in [0.25, 0.3) is 0 Å². The number of rotatable bonds is 6. The molecule has 4 N–H and O–H groups in total. The van der Waals surface area contributed by atoms with Crippen LogP contribution in [0.15, 0.2) is 60.8 Å². The van der Waals surface area contributed by atoms with E-state index in [1.165, 1.54) is 42.4 Å². The quantitative estimate of drug-likeness (QED) is 0.344. The molecule has 2 aromatic carbocycles. The minimum absolute atomic E-state index is 0.0688. The van der Waals surface area contributed by atoms with Crippen LogP contribution < -0.4 is 25.6 Å². The maximum atomic E-state index is 13.4. The van der Waals surface area contributed by atoms with Crippen LogP contribution in [0.4, 0.5) is 39.8 Å². The van der Waals surface area contributed by atoms with E-state index >= 15 is 0 Å². The molecule has 2 heterocycles. The molecule has 3 aromatic rings. The zero-order chi connectivity index (χ0) is 28.9. The topological polar surface area (TPSA) is 136 Å². The number of hydrogen-bond acceptors (Lipinski definition) is 6. The number of aromatic nitrogens is 1. The summed E-state index contributed by atoms with van der Waals surface area (Å²) < 4.78 is 45.9. The highest BCUT2D eigenvalue weighted by Gasteiger charge is 2.32. The molecule has 0 spiro atoms. The predicted octanol–water partition coefficient (Wildman–Crippen LogP) is 4.70. The number of nitrogens with one attached hydrogen (secondary N) is 3. The van der Waals surface area contributed by atoms with E-state index in [1.807, 2.05) is 0 Å². The van der Waals surface area contributed by atoms with Crippen LogP contribution in [0, 0.1) is 0 Å². The van der Waals surface area contributed by atoms with Gasteiger partial charge in [-0.15, -0.1) is 0 Å². The number of urea groups is 1. The highest BCUT2D eigenvalue weighted by molar-refractivity contribution is 6.02. The minimum Gasteiger partial charge on any atom is -0.465 e. The number of carboxylic acid groups (broad SMARTS) is 1. The highest BCUT2D eigenvalue weighted by atomic mass is 19.4. The molecular formula is C26H25F3N6O5. The number of carbonyl (C=O) groups is 3. The second-order valence-electron chi connectivity index (χ2n) is 8.65. The number of carbonyl (C=O) groups excluding carboxylic acids is 2. The van der Waals surface area contributed by atoms with E-state index in [2.05, 4.69) is 20.9 Å². The predicted molar refractivity (Wildman–Crippen MR) is 140 cm³/mol. The smallest absolute Gasteiger partial charge is 0.416 e. The number of anilines is 3. The fraction of sp³-hybridized carbons (Fsp3) is 0.231. The number of ether oxygens (including phenoxy) is 1. The number of halogens is 3. The SMILES string of the molecule is CNC(=O)c1cc(Oc2ccc(NC(=O)Nc3cc(C(F)(F)F)ccc3N3CCN(C(=O)O)CC3)cc2)ccn1. The van der Waals surface area contributed by atoms with Crippen LogP contribution in [0.1, 0.15) is 16.1 Å². The van der Waals surface area contributed by atoms with E-state index in [4.69, 9.17) is 9.84 Å². The van der Waals surface area contributed by atoms with Gasteiger partial charge in [-0.25, -0.2) is 9.59 Å². The molecule has 0 aliphatic carbocycles. The summed E-state index contributed by atoms with van der Waals surface area (Å²) in [6.45, 7) is 0.834. The summed E-state index contributed by atoms with van der Waals surface area (Å²) in [5.74, 6) is 0.399. The van der Waals surface area contributed by atoms with Crippen molar-refractivity contribution in [2.75, 3.05) is 48.8 Å². The van der Waals surface area contributed by atoms with Crippen LogP contribution in [0.5, 0.6) is 11.5 Å². The monoisotopic (exact) mass is 558 g/mol. The van der Waals surface area contributed by atoms with Crippen molar-refractivity contribution in [1.29, 1.82) is 0 Å². The Labute approximate surface area is 226 Å². The Morgan fingerprint density at radius 1 is 0.925 bits per heavy atom. The van der Waals surface area contributed by atoms with Gasteiger partial charge in [0.05, 0.1) is 16.9 Å². The normalized spacial score (nSPS) is 13.4. The van der Waals surface area contributed by atoms with Crippen LogP contribution >= 0.6 is 0 Å². The first kappa shape index (κ1) is 28.0. The van der Waals surface area contributed by atoms with Crippen molar-refractivity contribution < 1.29 is 37.4 Å². The first-order chi connectivity index (χ1) is 19.0. The Morgan fingerprint density at radius 2 is 1.62 bits per heavy atom. The lowest BCUT2D eigenvalue weighted by Crippen LogP contribution is -2.48. The maximum Gasteiger partial charge on any atom is 0.416 e. The molecule has 11 nitrogen and oxygen atoms in total. The second-order valence-corrected chi connectivity index (χ2v) is 8.65. The zero-order valence-corrected chi connectivity index (χ0v) is 21.2. The van der Waals surface area contributed by atoms with Gasteiger partial charge in [-0.05, 0) is 48.5 Å². The first-order valence-electron chi connectivity index (χ1n) is 12.0. The average Bonchev–Trinajstić information content (AvgIpc) is 2.93. The molecule has 0 saturated carbocycles. The van der Waals surface area contributed by atoms with E-state index in [0.29, 0.717) is 22.9 Å². The molecule has 40 heavy (non-hydrogen) atoms. The molecule has 1 aromatic heterocycles. The Balaban J connectivity index is 1.45. The van der Waals surface area contributed by atoms with E-state index in [9.17, 15) is 27.6 Å². The number of benzene rings is 2. The van der Waals surface area contributed by atoms with Crippen LogP contribution in [-0.2, 0) is 6.18 Å². The Kier molecular flexibility index (Phi) is 8.26. The van der Waals surface area contributed by atoms with Crippen LogP contribution in [0.2, 0.25) is 0 Å². The molecule has 1 saturated heterocycles. The highest BCUT2D eigenvalue weighted by Crippen LogP contribution is 2.36. The van der Waals surface area contributed by atoms with Gasteiger partial charge in [-0.1, -0.05) is 0 Å². The number of pyridine rings is 1. The Hall–Kier alpha value is -5.01. The van der Waals surface area contributed by atoms with Gasteiger partial charge in [-0.2, -0.15) is 13.2 Å². The molecule has 0 unspecified atom stereocenters. The van der Waals surface area contributed by atoms with E-state index in [1.54, 1.807) is 23.1 Å². The Morgan fingerprint density at radius 3 is 2.25 bits per heavy atom. The standard InChI is InChI=1S/C26H25F3N6O5/c1-30-23(36)21-15-19(8-9-31-21)40-18-5-3-17(4-6-18)32-24(37)33-20-14-16(26(27,28)29)2-7-22(20)34-10-12-35(13-11-34)25(38)39/h2-9,14-15H,10-13H2,1H3,(H,30,36)(H,38,39)(H2,32,33,37). The van der Waals surface area contributed by atoms with Gasteiger partial charge in [0.2, 0.25) is 0 Å². The van der Waals surface area contributed by atoms with Gasteiger partial charge in [0.15, 0.2) is 0 Å². The summed E-state index contributed by atoms with van der Waals surface area (Å²) in [6.07, 6.45) is -4.27. The summed E-state index contributed by atoms with van der Waals surface area (Å²) in [4.78, 5) is 42.6. The summed E-state index contributed by atoms with van der Waals surface area (Å²) in [5.41, 5.74) is -0.152. The van der Waals surface area contributed by atoms with Gasteiger partial charge in [0.25, 0.3) is 5.91 Å². The maximum absolute atomic E-state index is 13.4. The van der Waals surface area contributed by atoms with E-state index in [0.717, 1.165) is 12.1 Å². The third-order valence-corrected chi connectivity index (χ3v) is 6.00. The van der Waals surface area contributed by atoms with Crippen molar-refractivity contribution in [1.82, 2.24) is 15.2 Å². The molecule has 1 aliphatic heterocycles. The molecule has 0 atom stereocenters. The lowest BCUT2D eigenvalue weighted by atomic mass is 10.1. The average molecular weight is 559 g/mol. The third kappa shape index (κ3) is 6.89. The van der Waals surface area contributed by atoms with Crippen molar-refractivity contribution in [2.45, 2.75) is 6.18 Å². The van der Waals surface area contributed by atoms with Gasteiger partial charge in [0.1, 0.15) is 17.2 Å². The summed E-state index contributed by atoms with van der Waals surface area (Å²) >= 11 is 0. The third-order valence-electron chi connectivity index (χ3n) is 6.00. The lowest BCUT2D eigenvalue weighted by Gasteiger charge is -2.35. The number of alkyl halides is 3. The van der Waals surface area contributed by atoms with Crippen molar-refractivity contribution in [3.05, 3.63) is 72.1 Å². The summed E-state index contributed by atoms with van der Waals surface area (Å²) in [7, 11) is 1.48. The summed E-state index contributed by atoms with van der Waals surface area (Å²) in [5, 5.41) is 16.7. The molecule has 210 valence electrons. The molecule has 4 amide bonds. The molecule has 0 bridgehead atoms. The number of piperazine rings is 1. The number of nitrogens with zero attached hydrogens (tertiary/aromatic N) is 3. The van der Waals surface area contributed by atoms with Gasteiger partial charge < -0.3 is 35.6 Å². The molecule has 0 radical (unpaired) electrons. The van der Waals surface area contributed by atoms with Crippen LogP contribution in [0.3, 0.4) is 0 Å². The molecule has 1 aliphatic rings. The molecule has 14 heteroatoms. The zero-order valence-electron chi connectivity index (χ0n) is 21.2. The first-order valence-corrected chi connectivity index (χ1v) is 12.0. The summed E-state index contributed by atoms with van der Waals surface area (Å²) in [6, 6.07) is 11.5. The molecular weight excluding hydrogens is 533 g/mol. The van der Waals surface area contributed by atoms with Crippen molar-refractivity contribution in [3.63, 3.8) is 0 Å². The van der Waals surface area contributed by atoms with Crippen molar-refractivity contribution >= 4 is 35.1 Å². The van der Waals surface area contributed by atoms with Gasteiger partial charge >= 0.3 is 18.3 Å². The fourth-order valence-electron chi connectivity index (χ4n) is 3.98. The largest absolute Gasteiger partial charge is 0.465 e. The van der Waals surface area contributed by atoms with Crippen molar-refractivity contribution in [2.24, 2.45) is 0 Å². The van der Waals surface area contributed by atoms with Crippen LogP contribution in [-0.4, -0.2) is 66.2 Å². The van der Waals surface area contributed by atoms with Crippen molar-refractivity contribution in [3.8, 4) is 11.5 Å². The van der Waals surface area contributed by atoms with Gasteiger partial charge in [0, 0.05) is 51.2 Å². The Bertz CT molecular complexity index is 1390. The number of amides is 4. The number of hydrogen-bond donors (Lipinski definition) is 4.